The van der Waals surface area contributed by atoms with Gasteiger partial charge in [0.05, 0.1) is 12.1 Å². The first-order chi connectivity index (χ1) is 7.21. The summed E-state index contributed by atoms with van der Waals surface area (Å²) in [6.07, 6.45) is 5.45. The van der Waals surface area contributed by atoms with E-state index < -0.39 is 5.54 Å². The van der Waals surface area contributed by atoms with E-state index in [9.17, 15) is 4.79 Å². The van der Waals surface area contributed by atoms with E-state index in [1.54, 1.807) is 6.20 Å². The van der Waals surface area contributed by atoms with E-state index in [1.165, 1.54) is 11.3 Å². The molecule has 0 saturated heterocycles. The fourth-order valence-electron chi connectivity index (χ4n) is 1.91. The number of thiazole rings is 1. The highest BCUT2D eigenvalue weighted by atomic mass is 32.1. The molecule has 1 aromatic heterocycles. The van der Waals surface area contributed by atoms with Crippen molar-refractivity contribution in [2.24, 2.45) is 5.73 Å². The van der Waals surface area contributed by atoms with Crippen molar-refractivity contribution in [2.45, 2.75) is 37.8 Å². The van der Waals surface area contributed by atoms with Gasteiger partial charge in [0.1, 0.15) is 5.01 Å². The molecular weight excluding hydrogens is 210 g/mol. The first kappa shape index (κ1) is 10.6. The van der Waals surface area contributed by atoms with Gasteiger partial charge in [0, 0.05) is 11.6 Å². The average molecular weight is 225 g/mol. The fraction of sp³-hybridized carbons (Fsp3) is 0.600. The fourth-order valence-corrected chi connectivity index (χ4v) is 2.46. The lowest BCUT2D eigenvalue weighted by atomic mass is 9.98. The normalized spacial score (nSPS) is 19.0. The number of carbonyl (C=O) groups excluding carboxylic acids is 1. The highest BCUT2D eigenvalue weighted by Crippen LogP contribution is 2.27. The minimum absolute atomic E-state index is 0.0322. The van der Waals surface area contributed by atoms with Crippen molar-refractivity contribution in [3.05, 3.63) is 16.6 Å². The molecule has 4 nitrogen and oxygen atoms in total. The quantitative estimate of drug-likeness (QED) is 0.807. The predicted molar refractivity (Wildman–Crippen MR) is 59.3 cm³/mol. The van der Waals surface area contributed by atoms with E-state index in [4.69, 9.17) is 5.73 Å². The van der Waals surface area contributed by atoms with Gasteiger partial charge in [-0.05, 0) is 12.8 Å². The third-order valence-electron chi connectivity index (χ3n) is 2.83. The standard InChI is InChI=1S/C10H15N3OS/c11-10(3-1-2-4-10)9(14)13-7-8-12-5-6-15-8/h5-6H,1-4,7,11H2,(H,13,14). The van der Waals surface area contributed by atoms with Crippen molar-refractivity contribution in [1.29, 1.82) is 0 Å². The van der Waals surface area contributed by atoms with Crippen LogP contribution in [0.1, 0.15) is 30.7 Å². The van der Waals surface area contributed by atoms with Crippen molar-refractivity contribution >= 4 is 17.2 Å². The lowest BCUT2D eigenvalue weighted by molar-refractivity contribution is -0.126. The molecule has 1 heterocycles. The molecule has 15 heavy (non-hydrogen) atoms. The molecule has 0 aromatic carbocycles. The minimum atomic E-state index is -0.628. The molecule has 0 radical (unpaired) electrons. The Balaban J connectivity index is 1.87. The number of nitrogens with zero attached hydrogens (tertiary/aromatic N) is 1. The minimum Gasteiger partial charge on any atom is -0.348 e. The van der Waals surface area contributed by atoms with Crippen molar-refractivity contribution in [3.8, 4) is 0 Å². The lowest BCUT2D eigenvalue weighted by Gasteiger charge is -2.21. The Morgan fingerprint density at radius 2 is 2.33 bits per heavy atom. The maximum Gasteiger partial charge on any atom is 0.240 e. The number of nitrogens with two attached hydrogens (primary N) is 1. The largest absolute Gasteiger partial charge is 0.348 e. The molecule has 0 spiro atoms. The molecule has 1 saturated carbocycles. The lowest BCUT2D eigenvalue weighted by Crippen LogP contribution is -2.51. The summed E-state index contributed by atoms with van der Waals surface area (Å²) in [6, 6.07) is 0. The van der Waals surface area contributed by atoms with Gasteiger partial charge in [-0.2, -0.15) is 0 Å². The van der Waals surface area contributed by atoms with Gasteiger partial charge in [-0.25, -0.2) is 4.98 Å². The Labute approximate surface area is 92.9 Å². The molecule has 3 N–H and O–H groups in total. The third-order valence-corrected chi connectivity index (χ3v) is 3.61. The van der Waals surface area contributed by atoms with E-state index >= 15 is 0 Å². The molecule has 1 aliphatic rings. The zero-order chi connectivity index (χ0) is 10.7. The van der Waals surface area contributed by atoms with Crippen LogP contribution in [-0.4, -0.2) is 16.4 Å². The van der Waals surface area contributed by atoms with Gasteiger partial charge in [-0.3, -0.25) is 4.79 Å². The molecule has 82 valence electrons. The van der Waals surface area contributed by atoms with Gasteiger partial charge < -0.3 is 11.1 Å². The van der Waals surface area contributed by atoms with Crippen molar-refractivity contribution in [3.63, 3.8) is 0 Å². The Morgan fingerprint density at radius 3 is 2.93 bits per heavy atom. The SMILES string of the molecule is NC1(C(=O)NCc2nccs2)CCCC1. The first-order valence-corrected chi connectivity index (χ1v) is 6.04. The van der Waals surface area contributed by atoms with Crippen LogP contribution in [0.4, 0.5) is 0 Å². The Morgan fingerprint density at radius 1 is 1.60 bits per heavy atom. The first-order valence-electron chi connectivity index (χ1n) is 5.16. The number of hydrogen-bond donors (Lipinski definition) is 2. The molecule has 0 atom stereocenters. The van der Waals surface area contributed by atoms with Crippen LogP contribution in [0.2, 0.25) is 0 Å². The number of rotatable bonds is 3. The van der Waals surface area contributed by atoms with Crippen LogP contribution in [0.25, 0.3) is 0 Å². The second kappa shape index (κ2) is 4.28. The number of amides is 1. The molecular formula is C10H15N3OS. The Bertz CT molecular complexity index is 330. The monoisotopic (exact) mass is 225 g/mol. The maximum absolute atomic E-state index is 11.8. The summed E-state index contributed by atoms with van der Waals surface area (Å²) < 4.78 is 0. The predicted octanol–water partition coefficient (Wildman–Crippen LogP) is 1.03. The molecule has 1 amide bonds. The van der Waals surface area contributed by atoms with Crippen LogP contribution in [0.5, 0.6) is 0 Å². The summed E-state index contributed by atoms with van der Waals surface area (Å²) in [5.41, 5.74) is 5.39. The van der Waals surface area contributed by atoms with Gasteiger partial charge in [0.25, 0.3) is 0 Å². The molecule has 0 aliphatic heterocycles. The van der Waals surface area contributed by atoms with Gasteiger partial charge in [-0.1, -0.05) is 12.8 Å². The van der Waals surface area contributed by atoms with E-state index in [1.807, 2.05) is 5.38 Å². The maximum atomic E-state index is 11.8. The summed E-state index contributed by atoms with van der Waals surface area (Å²) in [4.78, 5) is 15.9. The summed E-state index contributed by atoms with van der Waals surface area (Å²) in [5, 5.41) is 5.67. The van der Waals surface area contributed by atoms with E-state index in [-0.39, 0.29) is 5.91 Å². The van der Waals surface area contributed by atoms with Crippen LogP contribution in [0.3, 0.4) is 0 Å². The molecule has 2 rings (SSSR count). The number of carbonyl (C=O) groups is 1. The van der Waals surface area contributed by atoms with Gasteiger partial charge in [-0.15, -0.1) is 11.3 Å². The third kappa shape index (κ3) is 2.35. The molecule has 1 fully saturated rings. The average Bonchev–Trinajstić information content (AvgIpc) is 2.85. The highest BCUT2D eigenvalue weighted by Gasteiger charge is 2.36. The van der Waals surface area contributed by atoms with E-state index in [0.717, 1.165) is 30.7 Å². The van der Waals surface area contributed by atoms with E-state index in [0.29, 0.717) is 6.54 Å². The van der Waals surface area contributed by atoms with Gasteiger partial charge in [0.2, 0.25) is 5.91 Å². The smallest absolute Gasteiger partial charge is 0.240 e. The van der Waals surface area contributed by atoms with Crippen LogP contribution in [0.15, 0.2) is 11.6 Å². The van der Waals surface area contributed by atoms with Crippen LogP contribution < -0.4 is 11.1 Å². The van der Waals surface area contributed by atoms with Crippen LogP contribution >= 0.6 is 11.3 Å². The summed E-state index contributed by atoms with van der Waals surface area (Å²) in [6.45, 7) is 0.495. The topological polar surface area (TPSA) is 68.0 Å². The second-order valence-electron chi connectivity index (χ2n) is 3.97. The summed E-state index contributed by atoms with van der Waals surface area (Å²) in [5.74, 6) is -0.0322. The van der Waals surface area contributed by atoms with E-state index in [2.05, 4.69) is 10.3 Å². The molecule has 5 heteroatoms. The number of hydrogen-bond acceptors (Lipinski definition) is 4. The number of nitrogens with one attached hydrogen (secondary N) is 1. The molecule has 0 unspecified atom stereocenters. The van der Waals surface area contributed by atoms with Crippen LogP contribution in [-0.2, 0) is 11.3 Å². The molecule has 1 aliphatic carbocycles. The summed E-state index contributed by atoms with van der Waals surface area (Å²) in [7, 11) is 0. The second-order valence-corrected chi connectivity index (χ2v) is 4.95. The Hall–Kier alpha value is -0.940. The van der Waals surface area contributed by atoms with Gasteiger partial charge >= 0.3 is 0 Å². The molecule has 1 aromatic rings. The number of aromatic nitrogens is 1. The summed E-state index contributed by atoms with van der Waals surface area (Å²) >= 11 is 1.54. The van der Waals surface area contributed by atoms with Crippen LogP contribution in [0, 0.1) is 0 Å². The molecule has 0 bridgehead atoms. The Kier molecular flexibility index (Phi) is 3.02. The zero-order valence-corrected chi connectivity index (χ0v) is 9.35. The van der Waals surface area contributed by atoms with Crippen molar-refractivity contribution in [1.82, 2.24) is 10.3 Å². The highest BCUT2D eigenvalue weighted by molar-refractivity contribution is 7.09. The van der Waals surface area contributed by atoms with Crippen molar-refractivity contribution in [2.75, 3.05) is 0 Å². The van der Waals surface area contributed by atoms with Crippen molar-refractivity contribution < 1.29 is 4.79 Å². The van der Waals surface area contributed by atoms with Gasteiger partial charge in [0.15, 0.2) is 0 Å². The zero-order valence-electron chi connectivity index (χ0n) is 8.53.